The monoisotopic (exact) mass is 168 g/mol. The van der Waals surface area contributed by atoms with Crippen molar-refractivity contribution < 1.29 is 9.90 Å². The molecule has 0 unspecified atom stereocenters. The molecule has 1 heterocycles. The second-order valence-corrected chi connectivity index (χ2v) is 2.52. The van der Waals surface area contributed by atoms with E-state index in [1.54, 1.807) is 11.1 Å². The minimum atomic E-state index is -0.153. The normalized spacial score (nSPS) is 16.6. The SMILES string of the molecule is C=C1NC(=O)C=CN1CCCO. The number of aliphatic hydroxyl groups is 1. The van der Waals surface area contributed by atoms with E-state index < -0.39 is 0 Å². The molecule has 0 aromatic carbocycles. The number of nitrogens with zero attached hydrogens (tertiary/aromatic N) is 1. The topological polar surface area (TPSA) is 52.6 Å². The van der Waals surface area contributed by atoms with Gasteiger partial charge >= 0.3 is 0 Å². The van der Waals surface area contributed by atoms with Crippen LogP contribution >= 0.6 is 0 Å². The molecule has 0 saturated carbocycles. The molecule has 0 atom stereocenters. The van der Waals surface area contributed by atoms with E-state index in [9.17, 15) is 4.79 Å². The fourth-order valence-corrected chi connectivity index (χ4v) is 0.954. The smallest absolute Gasteiger partial charge is 0.250 e. The quantitative estimate of drug-likeness (QED) is 0.613. The predicted octanol–water partition coefficient (Wildman–Crippen LogP) is -0.215. The molecule has 0 saturated heterocycles. The van der Waals surface area contributed by atoms with Crippen molar-refractivity contribution in [1.82, 2.24) is 10.2 Å². The van der Waals surface area contributed by atoms with Gasteiger partial charge in [-0.1, -0.05) is 6.58 Å². The Balaban J connectivity index is 2.48. The van der Waals surface area contributed by atoms with Crippen molar-refractivity contribution in [3.63, 3.8) is 0 Å². The maximum atomic E-state index is 10.8. The zero-order chi connectivity index (χ0) is 8.97. The fourth-order valence-electron chi connectivity index (χ4n) is 0.954. The minimum absolute atomic E-state index is 0.144. The molecule has 1 aliphatic heterocycles. The van der Waals surface area contributed by atoms with Crippen molar-refractivity contribution in [1.29, 1.82) is 0 Å². The van der Waals surface area contributed by atoms with E-state index in [1.807, 2.05) is 0 Å². The first kappa shape index (κ1) is 8.80. The second-order valence-electron chi connectivity index (χ2n) is 2.52. The van der Waals surface area contributed by atoms with Crippen LogP contribution < -0.4 is 5.32 Å². The summed E-state index contributed by atoms with van der Waals surface area (Å²) < 4.78 is 0. The highest BCUT2D eigenvalue weighted by Crippen LogP contribution is 2.04. The molecule has 0 aliphatic carbocycles. The van der Waals surface area contributed by atoms with Gasteiger partial charge in [-0.25, -0.2) is 0 Å². The molecular weight excluding hydrogens is 156 g/mol. The van der Waals surface area contributed by atoms with Gasteiger partial charge in [0.15, 0.2) is 0 Å². The van der Waals surface area contributed by atoms with Gasteiger partial charge < -0.3 is 15.3 Å². The molecule has 0 bridgehead atoms. The van der Waals surface area contributed by atoms with Gasteiger partial charge in [-0.3, -0.25) is 4.79 Å². The van der Waals surface area contributed by atoms with Gasteiger partial charge in [0.05, 0.1) is 0 Å². The lowest BCUT2D eigenvalue weighted by molar-refractivity contribution is -0.116. The molecule has 12 heavy (non-hydrogen) atoms. The van der Waals surface area contributed by atoms with E-state index >= 15 is 0 Å². The van der Waals surface area contributed by atoms with E-state index in [4.69, 9.17) is 5.11 Å². The van der Waals surface area contributed by atoms with E-state index in [0.717, 1.165) is 0 Å². The number of carbonyl (C=O) groups is 1. The molecule has 4 heteroatoms. The zero-order valence-corrected chi connectivity index (χ0v) is 6.79. The molecule has 0 aromatic rings. The van der Waals surface area contributed by atoms with Crippen LogP contribution in [0.1, 0.15) is 6.42 Å². The van der Waals surface area contributed by atoms with Crippen LogP contribution in [-0.4, -0.2) is 29.1 Å². The first-order valence-electron chi connectivity index (χ1n) is 3.79. The van der Waals surface area contributed by atoms with Gasteiger partial charge in [0.1, 0.15) is 5.82 Å². The highest BCUT2D eigenvalue weighted by molar-refractivity contribution is 5.89. The van der Waals surface area contributed by atoms with Crippen molar-refractivity contribution in [2.24, 2.45) is 0 Å². The summed E-state index contributed by atoms with van der Waals surface area (Å²) in [5.74, 6) is 0.413. The van der Waals surface area contributed by atoms with Crippen LogP contribution in [0.5, 0.6) is 0 Å². The van der Waals surface area contributed by atoms with Gasteiger partial charge in [-0.05, 0) is 6.42 Å². The number of aliphatic hydroxyl groups excluding tert-OH is 1. The first-order chi connectivity index (χ1) is 5.74. The summed E-state index contributed by atoms with van der Waals surface area (Å²) in [6.07, 6.45) is 3.77. The Morgan fingerprint density at radius 1 is 1.67 bits per heavy atom. The third-order valence-electron chi connectivity index (χ3n) is 1.58. The summed E-state index contributed by atoms with van der Waals surface area (Å²) in [4.78, 5) is 12.5. The molecule has 0 fully saturated rings. The average Bonchev–Trinajstić information content (AvgIpc) is 2.03. The van der Waals surface area contributed by atoms with E-state index in [1.165, 1.54) is 6.08 Å². The number of hydrogen-bond acceptors (Lipinski definition) is 3. The molecule has 1 amide bonds. The summed E-state index contributed by atoms with van der Waals surface area (Å²) in [7, 11) is 0. The lowest BCUT2D eigenvalue weighted by atomic mass is 10.3. The van der Waals surface area contributed by atoms with E-state index in [2.05, 4.69) is 11.9 Å². The highest BCUT2D eigenvalue weighted by Gasteiger charge is 2.11. The summed E-state index contributed by atoms with van der Waals surface area (Å²) in [6, 6.07) is 0. The van der Waals surface area contributed by atoms with Gasteiger partial charge in [0, 0.05) is 25.4 Å². The van der Waals surface area contributed by atoms with Crippen LogP contribution in [0.2, 0.25) is 0 Å². The summed E-state index contributed by atoms with van der Waals surface area (Å²) in [5, 5.41) is 11.1. The summed E-state index contributed by atoms with van der Waals surface area (Å²) >= 11 is 0. The summed E-state index contributed by atoms with van der Waals surface area (Å²) in [5.41, 5.74) is 0. The Labute approximate surface area is 71.2 Å². The molecule has 0 aromatic heterocycles. The lowest BCUT2D eigenvalue weighted by Crippen LogP contribution is -2.35. The largest absolute Gasteiger partial charge is 0.396 e. The predicted molar refractivity (Wildman–Crippen MR) is 44.8 cm³/mol. The fraction of sp³-hybridized carbons (Fsp3) is 0.375. The van der Waals surface area contributed by atoms with Gasteiger partial charge in [0.2, 0.25) is 0 Å². The molecule has 1 rings (SSSR count). The number of amides is 1. The Hall–Kier alpha value is -1.29. The standard InChI is InChI=1S/C8H12N2O2/c1-7-9-8(12)3-5-10(7)4-2-6-11/h3,5,11H,1-2,4,6H2,(H,9,12). The second kappa shape index (κ2) is 3.92. The molecule has 1 aliphatic rings. The molecule has 66 valence electrons. The van der Waals surface area contributed by atoms with Gasteiger partial charge in [0.25, 0.3) is 5.91 Å². The number of nitrogens with one attached hydrogen (secondary N) is 1. The summed E-state index contributed by atoms with van der Waals surface area (Å²) in [6.45, 7) is 4.48. The molecule has 2 N–H and O–H groups in total. The maximum absolute atomic E-state index is 10.8. The van der Waals surface area contributed by atoms with Crippen LogP contribution in [0.4, 0.5) is 0 Å². The highest BCUT2D eigenvalue weighted by atomic mass is 16.3. The lowest BCUT2D eigenvalue weighted by Gasteiger charge is -2.25. The minimum Gasteiger partial charge on any atom is -0.396 e. The van der Waals surface area contributed by atoms with Crippen LogP contribution in [0.25, 0.3) is 0 Å². The van der Waals surface area contributed by atoms with Crippen molar-refractivity contribution >= 4 is 5.91 Å². The third kappa shape index (κ3) is 2.10. The van der Waals surface area contributed by atoms with E-state index in [-0.39, 0.29) is 12.5 Å². The first-order valence-corrected chi connectivity index (χ1v) is 3.79. The molecule has 0 spiro atoms. The van der Waals surface area contributed by atoms with Crippen LogP contribution in [-0.2, 0) is 4.79 Å². The van der Waals surface area contributed by atoms with Crippen molar-refractivity contribution in [3.05, 3.63) is 24.7 Å². The number of rotatable bonds is 3. The van der Waals surface area contributed by atoms with Crippen molar-refractivity contribution in [3.8, 4) is 0 Å². The average molecular weight is 168 g/mol. The van der Waals surface area contributed by atoms with E-state index in [0.29, 0.717) is 18.8 Å². The number of hydrogen-bond donors (Lipinski definition) is 2. The van der Waals surface area contributed by atoms with Crippen molar-refractivity contribution in [2.45, 2.75) is 6.42 Å². The Morgan fingerprint density at radius 3 is 3.00 bits per heavy atom. The third-order valence-corrected chi connectivity index (χ3v) is 1.58. The molecule has 0 radical (unpaired) electrons. The zero-order valence-electron chi connectivity index (χ0n) is 6.79. The Kier molecular flexibility index (Phi) is 2.88. The molecule has 4 nitrogen and oxygen atoms in total. The van der Waals surface area contributed by atoms with Crippen LogP contribution in [0.15, 0.2) is 24.7 Å². The Morgan fingerprint density at radius 2 is 2.42 bits per heavy atom. The van der Waals surface area contributed by atoms with Crippen LogP contribution in [0.3, 0.4) is 0 Å². The maximum Gasteiger partial charge on any atom is 0.250 e. The number of carbonyl (C=O) groups excluding carboxylic acids is 1. The van der Waals surface area contributed by atoms with Crippen LogP contribution in [0, 0.1) is 0 Å². The van der Waals surface area contributed by atoms with Gasteiger partial charge in [-0.2, -0.15) is 0 Å². The van der Waals surface area contributed by atoms with Gasteiger partial charge in [-0.15, -0.1) is 0 Å². The van der Waals surface area contributed by atoms with Crippen molar-refractivity contribution in [2.75, 3.05) is 13.2 Å². The molecular formula is C8H12N2O2. The Bertz CT molecular complexity index is 223.